The van der Waals surface area contributed by atoms with E-state index in [1.54, 1.807) is 0 Å². The summed E-state index contributed by atoms with van der Waals surface area (Å²) in [6, 6.07) is 0.733. The van der Waals surface area contributed by atoms with Crippen molar-refractivity contribution in [2.45, 2.75) is 44.2 Å². The quantitative estimate of drug-likeness (QED) is 0.899. The van der Waals surface area contributed by atoms with E-state index in [2.05, 4.69) is 39.4 Å². The maximum absolute atomic E-state index is 5.51. The van der Waals surface area contributed by atoms with Crippen molar-refractivity contribution < 1.29 is 4.52 Å². The lowest BCUT2D eigenvalue weighted by molar-refractivity contribution is 0.113. The first-order chi connectivity index (χ1) is 10.2. The van der Waals surface area contributed by atoms with Gasteiger partial charge >= 0.3 is 0 Å². The Labute approximate surface area is 126 Å². The number of likely N-dealkylation sites (N-methyl/N-ethyl adjacent to an activating group) is 2. The zero-order chi connectivity index (χ0) is 14.7. The van der Waals surface area contributed by atoms with Crippen LogP contribution in [0.4, 0.5) is 0 Å². The molecule has 3 rings (SSSR count). The van der Waals surface area contributed by atoms with Gasteiger partial charge in [0, 0.05) is 32.1 Å². The Morgan fingerprint density at radius 2 is 2.14 bits per heavy atom. The third-order valence-electron chi connectivity index (χ3n) is 4.74. The van der Waals surface area contributed by atoms with Crippen molar-refractivity contribution in [3.8, 4) is 0 Å². The molecule has 2 saturated heterocycles. The van der Waals surface area contributed by atoms with E-state index in [0.717, 1.165) is 50.7 Å². The molecule has 1 aromatic rings. The number of piperazine rings is 1. The highest BCUT2D eigenvalue weighted by atomic mass is 16.5. The van der Waals surface area contributed by atoms with Crippen LogP contribution >= 0.6 is 0 Å². The van der Waals surface area contributed by atoms with E-state index in [1.165, 1.54) is 19.3 Å². The van der Waals surface area contributed by atoms with Gasteiger partial charge in [-0.15, -0.1) is 0 Å². The van der Waals surface area contributed by atoms with Gasteiger partial charge in [-0.25, -0.2) is 0 Å². The van der Waals surface area contributed by atoms with Crippen LogP contribution in [0.3, 0.4) is 0 Å². The van der Waals surface area contributed by atoms with Crippen molar-refractivity contribution in [3.63, 3.8) is 0 Å². The Bertz CT molecular complexity index is 441. The van der Waals surface area contributed by atoms with Crippen LogP contribution in [0.25, 0.3) is 0 Å². The fourth-order valence-corrected chi connectivity index (χ4v) is 3.26. The molecule has 2 fully saturated rings. The van der Waals surface area contributed by atoms with Crippen LogP contribution in [0.2, 0.25) is 0 Å². The second-order valence-electron chi connectivity index (χ2n) is 6.51. The lowest BCUT2D eigenvalue weighted by Gasteiger charge is -2.37. The Hall–Kier alpha value is -0.980. The van der Waals surface area contributed by atoms with Gasteiger partial charge < -0.3 is 19.6 Å². The molecule has 21 heavy (non-hydrogen) atoms. The molecule has 118 valence electrons. The molecule has 0 saturated carbocycles. The average Bonchev–Trinajstić information content (AvgIpc) is 2.76. The molecule has 6 nitrogen and oxygen atoms in total. The monoisotopic (exact) mass is 293 g/mol. The lowest BCUT2D eigenvalue weighted by Crippen LogP contribution is -2.50. The lowest BCUT2D eigenvalue weighted by atomic mass is 10.1. The first-order valence-corrected chi connectivity index (χ1v) is 8.17. The summed E-state index contributed by atoms with van der Waals surface area (Å²) in [6.07, 6.45) is 5.76. The number of hydrogen-bond donors (Lipinski definition) is 1. The van der Waals surface area contributed by atoms with Crippen molar-refractivity contribution in [1.29, 1.82) is 0 Å². The molecule has 2 unspecified atom stereocenters. The van der Waals surface area contributed by atoms with Gasteiger partial charge in [-0.2, -0.15) is 4.98 Å². The highest BCUT2D eigenvalue weighted by Crippen LogP contribution is 2.21. The zero-order valence-electron chi connectivity index (χ0n) is 13.2. The number of hydrogen-bond acceptors (Lipinski definition) is 6. The van der Waals surface area contributed by atoms with E-state index in [9.17, 15) is 0 Å². The molecule has 0 bridgehead atoms. The molecule has 1 aromatic heterocycles. The predicted molar refractivity (Wildman–Crippen MR) is 81.1 cm³/mol. The Balaban J connectivity index is 1.61. The van der Waals surface area contributed by atoms with Gasteiger partial charge in [-0.1, -0.05) is 18.0 Å². The molecule has 6 heteroatoms. The maximum atomic E-state index is 5.51. The van der Waals surface area contributed by atoms with Crippen LogP contribution in [0.15, 0.2) is 4.52 Å². The molecule has 0 aromatic carbocycles. The minimum Gasteiger partial charge on any atom is -0.338 e. The van der Waals surface area contributed by atoms with Crippen LogP contribution in [-0.4, -0.2) is 66.3 Å². The van der Waals surface area contributed by atoms with Crippen molar-refractivity contribution in [2.24, 2.45) is 0 Å². The number of rotatable bonds is 3. The van der Waals surface area contributed by atoms with Gasteiger partial charge in [0.25, 0.3) is 0 Å². The largest absolute Gasteiger partial charge is 0.338 e. The smallest absolute Gasteiger partial charge is 0.243 e. The second kappa shape index (κ2) is 6.85. The molecular formula is C15H27N5O. The van der Waals surface area contributed by atoms with Crippen LogP contribution in [0, 0.1) is 0 Å². The molecule has 2 aliphatic rings. The van der Waals surface area contributed by atoms with Crippen molar-refractivity contribution >= 4 is 0 Å². The van der Waals surface area contributed by atoms with E-state index in [1.807, 2.05) is 0 Å². The van der Waals surface area contributed by atoms with Gasteiger partial charge in [0.1, 0.15) is 0 Å². The number of nitrogens with zero attached hydrogens (tertiary/aromatic N) is 4. The number of nitrogens with one attached hydrogen (secondary N) is 1. The van der Waals surface area contributed by atoms with Gasteiger partial charge in [0.15, 0.2) is 5.82 Å². The minimum absolute atomic E-state index is 0.250. The number of aromatic nitrogens is 2. The van der Waals surface area contributed by atoms with E-state index < -0.39 is 0 Å². The molecule has 2 aliphatic heterocycles. The maximum Gasteiger partial charge on any atom is 0.243 e. The molecule has 1 N–H and O–H groups in total. The van der Waals surface area contributed by atoms with E-state index in [-0.39, 0.29) is 6.04 Å². The van der Waals surface area contributed by atoms with E-state index >= 15 is 0 Å². The summed E-state index contributed by atoms with van der Waals surface area (Å²) in [5.41, 5.74) is 0. The van der Waals surface area contributed by atoms with Crippen LogP contribution in [0.1, 0.15) is 43.4 Å². The van der Waals surface area contributed by atoms with Gasteiger partial charge in [-0.3, -0.25) is 0 Å². The third kappa shape index (κ3) is 3.81. The fourth-order valence-electron chi connectivity index (χ4n) is 3.26. The standard InChI is InChI=1S/C15H27N5O/c1-19-8-9-20(2)12(11-19)10-14-17-15(21-18-14)13-6-4-3-5-7-16-13/h12-13,16H,3-11H2,1-2H3. The Morgan fingerprint density at radius 3 is 3.05 bits per heavy atom. The second-order valence-corrected chi connectivity index (χ2v) is 6.51. The van der Waals surface area contributed by atoms with Crippen LogP contribution in [-0.2, 0) is 6.42 Å². The molecule has 0 aliphatic carbocycles. The van der Waals surface area contributed by atoms with Gasteiger partial charge in [0.05, 0.1) is 6.04 Å². The average molecular weight is 293 g/mol. The van der Waals surface area contributed by atoms with Crippen molar-refractivity contribution in [1.82, 2.24) is 25.3 Å². The topological polar surface area (TPSA) is 57.4 Å². The molecule has 0 amide bonds. The predicted octanol–water partition coefficient (Wildman–Crippen LogP) is 1.06. The first kappa shape index (κ1) is 14.9. The molecule has 2 atom stereocenters. The molecule has 0 radical (unpaired) electrons. The summed E-state index contributed by atoms with van der Waals surface area (Å²) in [6.45, 7) is 4.37. The fraction of sp³-hybridized carbons (Fsp3) is 0.867. The summed E-state index contributed by atoms with van der Waals surface area (Å²) in [4.78, 5) is 9.42. The van der Waals surface area contributed by atoms with Gasteiger partial charge in [0.2, 0.25) is 5.89 Å². The van der Waals surface area contributed by atoms with E-state index in [4.69, 9.17) is 4.52 Å². The minimum atomic E-state index is 0.250. The van der Waals surface area contributed by atoms with Crippen molar-refractivity contribution in [3.05, 3.63) is 11.7 Å². The highest BCUT2D eigenvalue weighted by Gasteiger charge is 2.25. The van der Waals surface area contributed by atoms with Crippen LogP contribution < -0.4 is 5.32 Å². The van der Waals surface area contributed by atoms with Crippen molar-refractivity contribution in [2.75, 3.05) is 40.3 Å². The Kier molecular flexibility index (Phi) is 4.87. The first-order valence-electron chi connectivity index (χ1n) is 8.17. The summed E-state index contributed by atoms with van der Waals surface area (Å²) < 4.78 is 5.51. The SMILES string of the molecule is CN1CCN(C)C(Cc2noc(C3CCCCCN3)n2)C1. The summed E-state index contributed by atoms with van der Waals surface area (Å²) >= 11 is 0. The normalized spacial score (nSPS) is 29.4. The molecular weight excluding hydrogens is 266 g/mol. The summed E-state index contributed by atoms with van der Waals surface area (Å²) in [5.74, 6) is 1.63. The van der Waals surface area contributed by atoms with E-state index in [0.29, 0.717) is 6.04 Å². The molecule has 3 heterocycles. The summed E-state index contributed by atoms with van der Waals surface area (Å²) in [7, 11) is 4.36. The zero-order valence-corrected chi connectivity index (χ0v) is 13.2. The summed E-state index contributed by atoms with van der Waals surface area (Å²) in [5, 5.41) is 7.72. The third-order valence-corrected chi connectivity index (χ3v) is 4.74. The Morgan fingerprint density at radius 1 is 1.24 bits per heavy atom. The highest BCUT2D eigenvalue weighted by molar-refractivity contribution is 4.97. The molecule has 0 spiro atoms. The van der Waals surface area contributed by atoms with Crippen LogP contribution in [0.5, 0.6) is 0 Å². The van der Waals surface area contributed by atoms with Gasteiger partial charge in [-0.05, 0) is 33.5 Å².